The Bertz CT molecular complexity index is 743. The van der Waals surface area contributed by atoms with Gasteiger partial charge < -0.3 is 10.4 Å². The Morgan fingerprint density at radius 2 is 1.87 bits per heavy atom. The van der Waals surface area contributed by atoms with Crippen LogP contribution >= 0.6 is 0 Å². The molecule has 0 bridgehead atoms. The van der Waals surface area contributed by atoms with E-state index in [1.807, 2.05) is 0 Å². The van der Waals surface area contributed by atoms with Crippen LogP contribution in [0.2, 0.25) is 0 Å². The second kappa shape index (κ2) is 6.81. The Morgan fingerprint density at radius 3 is 2.39 bits per heavy atom. The maximum absolute atomic E-state index is 12.0. The van der Waals surface area contributed by atoms with Crippen LogP contribution in [0.3, 0.4) is 0 Å². The zero-order valence-electron chi connectivity index (χ0n) is 12.2. The van der Waals surface area contributed by atoms with E-state index in [2.05, 4.69) is 16.0 Å². The molecule has 1 aromatic carbocycles. The van der Waals surface area contributed by atoms with Crippen molar-refractivity contribution >= 4 is 21.9 Å². The number of benzene rings is 1. The van der Waals surface area contributed by atoms with Crippen molar-refractivity contribution in [1.82, 2.24) is 10.0 Å². The summed E-state index contributed by atoms with van der Waals surface area (Å²) < 4.78 is 25.9. The van der Waals surface area contributed by atoms with E-state index in [-0.39, 0.29) is 23.4 Å². The van der Waals surface area contributed by atoms with Gasteiger partial charge in [-0.3, -0.25) is 9.59 Å². The fourth-order valence-corrected chi connectivity index (χ4v) is 3.15. The molecule has 0 atom stereocenters. The maximum Gasteiger partial charge on any atom is 0.306 e. The molecule has 7 nitrogen and oxygen atoms in total. The Balaban J connectivity index is 1.96. The highest BCUT2D eigenvalue weighted by atomic mass is 32.2. The van der Waals surface area contributed by atoms with Gasteiger partial charge in [-0.25, -0.2) is 8.42 Å². The van der Waals surface area contributed by atoms with Crippen molar-refractivity contribution in [3.63, 3.8) is 0 Å². The highest BCUT2D eigenvalue weighted by Crippen LogP contribution is 2.27. The van der Waals surface area contributed by atoms with Gasteiger partial charge in [0.05, 0.1) is 17.4 Å². The van der Waals surface area contributed by atoms with Crippen molar-refractivity contribution in [1.29, 1.82) is 0 Å². The van der Waals surface area contributed by atoms with Gasteiger partial charge >= 0.3 is 5.97 Å². The second-order valence-corrected chi connectivity index (χ2v) is 7.00. The number of hydrogen-bond donors (Lipinski definition) is 3. The Hall–Kier alpha value is -2.37. The maximum atomic E-state index is 12.0. The van der Waals surface area contributed by atoms with Gasteiger partial charge in [-0.05, 0) is 37.1 Å². The number of nitrogens with one attached hydrogen (secondary N) is 2. The van der Waals surface area contributed by atoms with Gasteiger partial charge in [-0.2, -0.15) is 4.72 Å². The van der Waals surface area contributed by atoms with Crippen LogP contribution in [0.5, 0.6) is 0 Å². The highest BCUT2D eigenvalue weighted by Gasteiger charge is 2.35. The minimum Gasteiger partial charge on any atom is -0.481 e. The lowest BCUT2D eigenvalue weighted by Gasteiger charge is -2.32. The number of carboxylic acid groups (broad SMARTS) is 1. The van der Waals surface area contributed by atoms with Gasteiger partial charge in [-0.15, -0.1) is 6.42 Å². The minimum atomic E-state index is -3.69. The first-order valence-corrected chi connectivity index (χ1v) is 8.38. The van der Waals surface area contributed by atoms with Crippen molar-refractivity contribution in [3.8, 4) is 12.3 Å². The molecule has 1 aromatic rings. The molecule has 0 saturated heterocycles. The van der Waals surface area contributed by atoms with E-state index < -0.39 is 21.9 Å². The predicted octanol–water partition coefficient (Wildman–Crippen LogP) is 0.191. The number of amides is 1. The smallest absolute Gasteiger partial charge is 0.306 e. The number of carbonyl (C=O) groups excluding carboxylic acids is 1. The summed E-state index contributed by atoms with van der Waals surface area (Å²) in [5.74, 6) is 0.547. The minimum absolute atomic E-state index is 0.0129. The molecule has 8 heteroatoms. The monoisotopic (exact) mass is 336 g/mol. The summed E-state index contributed by atoms with van der Waals surface area (Å²) in [6.07, 6.45) is 5.82. The zero-order valence-corrected chi connectivity index (χ0v) is 13.0. The van der Waals surface area contributed by atoms with Gasteiger partial charge in [0.25, 0.3) is 5.91 Å². The predicted molar refractivity (Wildman–Crippen MR) is 82.1 cm³/mol. The van der Waals surface area contributed by atoms with Gasteiger partial charge in [-0.1, -0.05) is 5.92 Å². The largest absolute Gasteiger partial charge is 0.481 e. The molecule has 1 aliphatic rings. The van der Waals surface area contributed by atoms with Crippen molar-refractivity contribution in [2.24, 2.45) is 5.92 Å². The number of carbonyl (C=O) groups is 2. The first kappa shape index (κ1) is 17.0. The number of carboxylic acids is 1. The third-order valence-corrected chi connectivity index (χ3v) is 5.03. The van der Waals surface area contributed by atoms with E-state index in [0.29, 0.717) is 18.4 Å². The molecule has 0 spiro atoms. The van der Waals surface area contributed by atoms with Gasteiger partial charge in [0.1, 0.15) is 0 Å². The average molecular weight is 336 g/mol. The summed E-state index contributed by atoms with van der Waals surface area (Å²) >= 11 is 0. The molecule has 0 unspecified atom stereocenters. The second-order valence-electron chi connectivity index (χ2n) is 5.23. The SMILES string of the molecule is C#CCNS(=O)(=O)c1ccc(C(=O)NC2CC(C(=O)O)C2)cc1. The normalized spacial score (nSPS) is 20.1. The van der Waals surface area contributed by atoms with E-state index >= 15 is 0 Å². The van der Waals surface area contributed by atoms with Crippen molar-refractivity contribution in [2.75, 3.05) is 6.54 Å². The Labute approximate surface area is 134 Å². The molecule has 1 fully saturated rings. The van der Waals surface area contributed by atoms with E-state index in [1.165, 1.54) is 24.3 Å². The molecule has 0 aromatic heterocycles. The van der Waals surface area contributed by atoms with E-state index in [0.717, 1.165) is 0 Å². The van der Waals surface area contributed by atoms with Crippen LogP contribution in [0.25, 0.3) is 0 Å². The van der Waals surface area contributed by atoms with E-state index in [9.17, 15) is 18.0 Å². The van der Waals surface area contributed by atoms with E-state index in [1.54, 1.807) is 0 Å². The van der Waals surface area contributed by atoms with Crippen LogP contribution in [-0.2, 0) is 14.8 Å². The number of terminal acetylenes is 1. The molecule has 1 saturated carbocycles. The van der Waals surface area contributed by atoms with Gasteiger partial charge in [0, 0.05) is 11.6 Å². The highest BCUT2D eigenvalue weighted by molar-refractivity contribution is 7.89. The molecule has 0 aliphatic heterocycles. The summed E-state index contributed by atoms with van der Waals surface area (Å²) in [5.41, 5.74) is 0.305. The summed E-state index contributed by atoms with van der Waals surface area (Å²) in [4.78, 5) is 22.7. The molecule has 122 valence electrons. The van der Waals surface area contributed by atoms with Gasteiger partial charge in [0.15, 0.2) is 0 Å². The third kappa shape index (κ3) is 4.09. The van der Waals surface area contributed by atoms with Gasteiger partial charge in [0.2, 0.25) is 10.0 Å². The first-order chi connectivity index (χ1) is 10.8. The van der Waals surface area contributed by atoms with Crippen LogP contribution in [0, 0.1) is 18.3 Å². The van der Waals surface area contributed by atoms with Crippen LogP contribution in [0.15, 0.2) is 29.2 Å². The van der Waals surface area contributed by atoms with Crippen LogP contribution in [0.1, 0.15) is 23.2 Å². The van der Waals surface area contributed by atoms with Crippen LogP contribution in [-0.4, -0.2) is 38.0 Å². The van der Waals surface area contributed by atoms with Crippen molar-refractivity contribution in [3.05, 3.63) is 29.8 Å². The van der Waals surface area contributed by atoms with Crippen LogP contribution < -0.4 is 10.0 Å². The quantitative estimate of drug-likeness (QED) is 0.642. The molecular weight excluding hydrogens is 320 g/mol. The molecule has 23 heavy (non-hydrogen) atoms. The lowest BCUT2D eigenvalue weighted by Crippen LogP contribution is -2.46. The van der Waals surface area contributed by atoms with Crippen LogP contribution in [0.4, 0.5) is 0 Å². The van der Waals surface area contributed by atoms with E-state index in [4.69, 9.17) is 11.5 Å². The Kier molecular flexibility index (Phi) is 5.03. The standard InChI is InChI=1S/C15H16N2O5S/c1-2-7-16-23(21,22)13-5-3-10(4-6-13)14(18)17-12-8-11(9-12)15(19)20/h1,3-6,11-12,16H,7-9H2,(H,17,18)(H,19,20). The summed E-state index contributed by atoms with van der Waals surface area (Å²) in [6.45, 7) is -0.114. The number of aliphatic carboxylic acids is 1. The average Bonchev–Trinajstić information content (AvgIpc) is 2.48. The number of rotatable bonds is 6. The molecule has 1 aliphatic carbocycles. The molecular formula is C15H16N2O5S. The van der Waals surface area contributed by atoms with Crippen molar-refractivity contribution < 1.29 is 23.1 Å². The molecule has 0 radical (unpaired) electrons. The fourth-order valence-electron chi connectivity index (χ4n) is 2.21. The van der Waals surface area contributed by atoms with Crippen molar-refractivity contribution in [2.45, 2.75) is 23.8 Å². The third-order valence-electron chi connectivity index (χ3n) is 3.61. The number of hydrogen-bond acceptors (Lipinski definition) is 4. The Morgan fingerprint density at radius 1 is 1.26 bits per heavy atom. The lowest BCUT2D eigenvalue weighted by atomic mass is 9.80. The molecule has 3 N–H and O–H groups in total. The lowest BCUT2D eigenvalue weighted by molar-refractivity contribution is -0.145. The topological polar surface area (TPSA) is 113 Å². The zero-order chi connectivity index (χ0) is 17.0. The summed E-state index contributed by atoms with van der Waals surface area (Å²) in [5, 5.41) is 11.5. The summed E-state index contributed by atoms with van der Waals surface area (Å²) in [7, 11) is -3.69. The summed E-state index contributed by atoms with van der Waals surface area (Å²) in [6, 6.07) is 5.26. The molecule has 2 rings (SSSR count). The number of sulfonamides is 1. The molecule has 1 amide bonds. The molecule has 0 heterocycles. The first-order valence-electron chi connectivity index (χ1n) is 6.90. The fraction of sp³-hybridized carbons (Fsp3) is 0.333.